The third kappa shape index (κ3) is 3.62. The van der Waals surface area contributed by atoms with Crippen molar-refractivity contribution in [2.75, 3.05) is 0 Å². The van der Waals surface area contributed by atoms with Crippen LogP contribution in [0.4, 0.5) is 0 Å². The first-order chi connectivity index (χ1) is 12.4. The van der Waals surface area contributed by atoms with Crippen LogP contribution in [0.15, 0.2) is 96.4 Å². The third-order valence-electron chi connectivity index (χ3n) is 4.21. The van der Waals surface area contributed by atoms with Crippen molar-refractivity contribution in [3.05, 3.63) is 107 Å². The largest absolute Gasteiger partial charge is 0.144 e. The molecule has 0 atom stereocenters. The Kier molecular flexibility index (Phi) is 4.58. The van der Waals surface area contributed by atoms with Gasteiger partial charge in [-0.2, -0.15) is 0 Å². The van der Waals surface area contributed by atoms with Crippen molar-refractivity contribution in [2.45, 2.75) is 0 Å². The lowest BCUT2D eigenvalue weighted by Crippen LogP contribution is -1.86. The quantitative estimate of drug-likeness (QED) is 0.367. The van der Waals surface area contributed by atoms with Crippen LogP contribution in [0.5, 0.6) is 0 Å². The summed E-state index contributed by atoms with van der Waals surface area (Å²) in [5.74, 6) is 0. The SMILES string of the molecule is C(=C\c1cc(-c2ccccc2)ccc1-c1ccccc1)/c1cccs1. The van der Waals surface area contributed by atoms with Crippen LogP contribution in [-0.2, 0) is 0 Å². The number of rotatable bonds is 4. The molecule has 3 aromatic carbocycles. The maximum Gasteiger partial charge on any atom is 0.0270 e. The topological polar surface area (TPSA) is 0 Å². The molecule has 25 heavy (non-hydrogen) atoms. The standard InChI is InChI=1S/C24H18S/c1-3-8-19(9-4-1)21-14-16-24(20-10-5-2-6-11-20)22(18-21)13-15-23-12-7-17-25-23/h1-18H/b15-13+. The molecular formula is C24H18S. The summed E-state index contributed by atoms with van der Waals surface area (Å²) >= 11 is 1.76. The summed E-state index contributed by atoms with van der Waals surface area (Å²) in [5, 5.41) is 2.11. The van der Waals surface area contributed by atoms with Crippen molar-refractivity contribution in [1.82, 2.24) is 0 Å². The van der Waals surface area contributed by atoms with Gasteiger partial charge in [0.15, 0.2) is 0 Å². The summed E-state index contributed by atoms with van der Waals surface area (Å²) in [7, 11) is 0. The highest BCUT2D eigenvalue weighted by Gasteiger charge is 2.06. The highest BCUT2D eigenvalue weighted by Crippen LogP contribution is 2.30. The van der Waals surface area contributed by atoms with Gasteiger partial charge in [0, 0.05) is 4.88 Å². The molecule has 1 heteroatoms. The summed E-state index contributed by atoms with van der Waals surface area (Å²) in [6.07, 6.45) is 4.42. The molecule has 0 nitrogen and oxygen atoms in total. The van der Waals surface area contributed by atoms with E-state index < -0.39 is 0 Å². The molecule has 1 aromatic heterocycles. The number of benzene rings is 3. The molecule has 0 radical (unpaired) electrons. The van der Waals surface area contributed by atoms with Crippen LogP contribution >= 0.6 is 11.3 Å². The highest BCUT2D eigenvalue weighted by atomic mass is 32.1. The van der Waals surface area contributed by atoms with Gasteiger partial charge in [0.25, 0.3) is 0 Å². The fourth-order valence-electron chi connectivity index (χ4n) is 2.95. The van der Waals surface area contributed by atoms with Gasteiger partial charge in [0.1, 0.15) is 0 Å². The van der Waals surface area contributed by atoms with Crippen LogP contribution in [-0.4, -0.2) is 0 Å². The van der Waals surface area contributed by atoms with Gasteiger partial charge in [-0.3, -0.25) is 0 Å². The van der Waals surface area contributed by atoms with Crippen molar-refractivity contribution in [3.8, 4) is 22.3 Å². The molecule has 120 valence electrons. The zero-order valence-electron chi connectivity index (χ0n) is 13.8. The molecule has 0 unspecified atom stereocenters. The van der Waals surface area contributed by atoms with Crippen LogP contribution in [0.3, 0.4) is 0 Å². The van der Waals surface area contributed by atoms with E-state index >= 15 is 0 Å². The maximum absolute atomic E-state index is 2.28. The molecule has 0 spiro atoms. The Bertz CT molecular complexity index is 965. The Morgan fingerprint density at radius 3 is 1.96 bits per heavy atom. The maximum atomic E-state index is 2.28. The molecule has 0 aliphatic heterocycles. The minimum atomic E-state index is 1.24. The van der Waals surface area contributed by atoms with Crippen LogP contribution < -0.4 is 0 Å². The average Bonchev–Trinajstić information content (AvgIpc) is 3.21. The van der Waals surface area contributed by atoms with Crippen molar-refractivity contribution >= 4 is 23.5 Å². The normalized spacial score (nSPS) is 11.0. The van der Waals surface area contributed by atoms with E-state index in [1.165, 1.54) is 32.7 Å². The summed E-state index contributed by atoms with van der Waals surface area (Å²) in [6, 6.07) is 32.1. The van der Waals surface area contributed by atoms with Crippen LogP contribution in [0.25, 0.3) is 34.4 Å². The molecule has 0 N–H and O–H groups in total. The predicted octanol–water partition coefficient (Wildman–Crippen LogP) is 7.25. The number of hydrogen-bond acceptors (Lipinski definition) is 1. The Labute approximate surface area is 152 Å². The minimum absolute atomic E-state index is 1.24. The highest BCUT2D eigenvalue weighted by molar-refractivity contribution is 7.10. The third-order valence-corrected chi connectivity index (χ3v) is 5.05. The van der Waals surface area contributed by atoms with E-state index in [0.29, 0.717) is 0 Å². The van der Waals surface area contributed by atoms with Crippen molar-refractivity contribution in [1.29, 1.82) is 0 Å². The zero-order chi connectivity index (χ0) is 16.9. The second-order valence-corrected chi connectivity index (χ2v) is 6.86. The van der Waals surface area contributed by atoms with Crippen LogP contribution in [0.2, 0.25) is 0 Å². The summed E-state index contributed by atoms with van der Waals surface area (Å²) in [5.41, 5.74) is 6.22. The second kappa shape index (κ2) is 7.33. The van der Waals surface area contributed by atoms with Gasteiger partial charge >= 0.3 is 0 Å². The monoisotopic (exact) mass is 338 g/mol. The lowest BCUT2D eigenvalue weighted by atomic mass is 9.94. The molecule has 0 aliphatic carbocycles. The van der Waals surface area contributed by atoms with Gasteiger partial charge in [-0.15, -0.1) is 11.3 Å². The van der Waals surface area contributed by atoms with Gasteiger partial charge in [0.2, 0.25) is 0 Å². The molecule has 0 amide bonds. The number of thiophene rings is 1. The van der Waals surface area contributed by atoms with Crippen molar-refractivity contribution in [2.24, 2.45) is 0 Å². The van der Waals surface area contributed by atoms with Gasteiger partial charge in [-0.25, -0.2) is 0 Å². The molecule has 1 heterocycles. The first-order valence-corrected chi connectivity index (χ1v) is 9.24. The predicted molar refractivity (Wildman–Crippen MR) is 111 cm³/mol. The zero-order valence-corrected chi connectivity index (χ0v) is 14.6. The van der Waals surface area contributed by atoms with E-state index in [1.807, 2.05) is 0 Å². The molecule has 0 fully saturated rings. The Morgan fingerprint density at radius 1 is 0.560 bits per heavy atom. The van der Waals surface area contributed by atoms with Gasteiger partial charge in [0.05, 0.1) is 0 Å². The molecule has 0 aliphatic rings. The molecule has 0 saturated heterocycles. The van der Waals surface area contributed by atoms with E-state index in [0.717, 1.165) is 0 Å². The summed E-state index contributed by atoms with van der Waals surface area (Å²) in [4.78, 5) is 1.27. The van der Waals surface area contributed by atoms with Gasteiger partial charge < -0.3 is 0 Å². The Balaban J connectivity index is 1.81. The van der Waals surface area contributed by atoms with Gasteiger partial charge in [-0.05, 0) is 51.4 Å². The Hall–Kier alpha value is -2.90. The van der Waals surface area contributed by atoms with E-state index in [1.54, 1.807) is 11.3 Å². The summed E-state index contributed by atoms with van der Waals surface area (Å²) < 4.78 is 0. The molecule has 0 saturated carbocycles. The fourth-order valence-corrected chi connectivity index (χ4v) is 3.57. The van der Waals surface area contributed by atoms with E-state index in [2.05, 4.69) is 109 Å². The van der Waals surface area contributed by atoms with E-state index in [-0.39, 0.29) is 0 Å². The second-order valence-electron chi connectivity index (χ2n) is 5.88. The first kappa shape index (κ1) is 15.6. The van der Waals surface area contributed by atoms with Crippen molar-refractivity contribution in [3.63, 3.8) is 0 Å². The van der Waals surface area contributed by atoms with E-state index in [9.17, 15) is 0 Å². The molecule has 4 rings (SSSR count). The van der Waals surface area contributed by atoms with Crippen LogP contribution in [0, 0.1) is 0 Å². The molecular weight excluding hydrogens is 320 g/mol. The molecule has 0 bridgehead atoms. The van der Waals surface area contributed by atoms with Crippen LogP contribution in [0.1, 0.15) is 10.4 Å². The summed E-state index contributed by atoms with van der Waals surface area (Å²) in [6.45, 7) is 0. The van der Waals surface area contributed by atoms with E-state index in [4.69, 9.17) is 0 Å². The Morgan fingerprint density at radius 2 is 1.28 bits per heavy atom. The van der Waals surface area contributed by atoms with Crippen molar-refractivity contribution < 1.29 is 0 Å². The first-order valence-electron chi connectivity index (χ1n) is 8.37. The average molecular weight is 338 g/mol. The molecule has 4 aromatic rings. The minimum Gasteiger partial charge on any atom is -0.144 e. The fraction of sp³-hybridized carbons (Fsp3) is 0. The van der Waals surface area contributed by atoms with Gasteiger partial charge in [-0.1, -0.05) is 84.9 Å². The smallest absolute Gasteiger partial charge is 0.0270 e. The lowest BCUT2D eigenvalue weighted by molar-refractivity contribution is 1.57. The lowest BCUT2D eigenvalue weighted by Gasteiger charge is -2.10. The number of hydrogen-bond donors (Lipinski definition) is 0.